The second kappa shape index (κ2) is 9.06. The maximum Gasteiger partial charge on any atom is 0.248 e. The number of rotatable bonds is 8. The van der Waals surface area contributed by atoms with Gasteiger partial charge in [0.1, 0.15) is 0 Å². The zero-order chi connectivity index (χ0) is 18.2. The second-order valence-corrected chi connectivity index (χ2v) is 9.17. The van der Waals surface area contributed by atoms with Gasteiger partial charge in [-0.3, -0.25) is 0 Å². The molecule has 0 aliphatic heterocycles. The molecule has 0 aliphatic carbocycles. The summed E-state index contributed by atoms with van der Waals surface area (Å²) in [5.41, 5.74) is 2.17. The lowest BCUT2D eigenvalue weighted by Crippen LogP contribution is -2.25. The average Bonchev–Trinajstić information content (AvgIpc) is 2.69. The summed E-state index contributed by atoms with van der Waals surface area (Å²) < 4.78 is 19.9. The van der Waals surface area contributed by atoms with E-state index in [1.54, 1.807) is 18.2 Å². The Morgan fingerprint density at radius 2 is 1.19 bits per heavy atom. The van der Waals surface area contributed by atoms with Gasteiger partial charge in [0.05, 0.1) is 0 Å². The summed E-state index contributed by atoms with van der Waals surface area (Å²) in [4.78, 5) is 0. The molecule has 2 N–H and O–H groups in total. The van der Waals surface area contributed by atoms with Crippen LogP contribution in [0.3, 0.4) is 0 Å². The van der Waals surface area contributed by atoms with Gasteiger partial charge in [-0.15, -0.1) is 0 Å². The zero-order valence-electron chi connectivity index (χ0n) is 14.1. The predicted octanol–water partition coefficient (Wildman–Crippen LogP) is 5.01. The Morgan fingerprint density at radius 3 is 1.69 bits per heavy atom. The smallest absolute Gasteiger partial charge is 0.248 e. The minimum absolute atomic E-state index is 0.150. The third kappa shape index (κ3) is 5.48. The van der Waals surface area contributed by atoms with Crippen LogP contribution in [0.4, 0.5) is 4.39 Å². The van der Waals surface area contributed by atoms with E-state index < -0.39 is 12.4 Å². The minimum Gasteiger partial charge on any atom is -0.438 e. The molecule has 0 unspecified atom stereocenters. The van der Waals surface area contributed by atoms with Crippen molar-refractivity contribution in [3.05, 3.63) is 102 Å². The van der Waals surface area contributed by atoms with Gasteiger partial charge in [-0.05, 0) is 35.1 Å². The molecule has 0 radical (unpaired) electrons. The molecule has 3 aromatic carbocycles. The van der Waals surface area contributed by atoms with Crippen molar-refractivity contribution in [2.45, 2.75) is 13.1 Å². The zero-order valence-corrected chi connectivity index (χ0v) is 15.8. The van der Waals surface area contributed by atoms with E-state index in [9.17, 15) is 4.39 Å². The fourth-order valence-corrected chi connectivity index (χ4v) is 4.44. The minimum atomic E-state index is -2.71. The van der Waals surface area contributed by atoms with Crippen molar-refractivity contribution in [2.75, 3.05) is 0 Å². The summed E-state index contributed by atoms with van der Waals surface area (Å²) in [6.07, 6.45) is 0. The molecule has 26 heavy (non-hydrogen) atoms. The van der Waals surface area contributed by atoms with Gasteiger partial charge in [-0.2, -0.15) is 0 Å². The van der Waals surface area contributed by atoms with Gasteiger partial charge in [0, 0.05) is 13.1 Å². The van der Waals surface area contributed by atoms with E-state index in [2.05, 4.69) is 10.2 Å². The molecule has 0 bridgehead atoms. The van der Waals surface area contributed by atoms with E-state index in [-0.39, 0.29) is 5.75 Å². The van der Waals surface area contributed by atoms with E-state index in [0.717, 1.165) is 11.1 Å². The van der Waals surface area contributed by atoms with Gasteiger partial charge in [-0.1, -0.05) is 72.8 Å². The molecule has 0 atom stereocenters. The quantitative estimate of drug-likeness (QED) is 0.533. The molecular formula is C20H20FN2OPS. The van der Waals surface area contributed by atoms with Crippen LogP contribution >= 0.6 is 6.57 Å². The number of halogens is 1. The summed E-state index contributed by atoms with van der Waals surface area (Å²) >= 11 is 5.74. The Morgan fingerprint density at radius 1 is 0.731 bits per heavy atom. The largest absolute Gasteiger partial charge is 0.438 e. The van der Waals surface area contributed by atoms with Gasteiger partial charge in [-0.25, -0.2) is 14.6 Å². The molecule has 0 amide bonds. The van der Waals surface area contributed by atoms with Crippen molar-refractivity contribution in [1.29, 1.82) is 0 Å². The summed E-state index contributed by atoms with van der Waals surface area (Å²) in [7, 11) is 0. The summed E-state index contributed by atoms with van der Waals surface area (Å²) in [6, 6.07) is 26.1. The third-order valence-electron chi connectivity index (χ3n) is 3.73. The van der Waals surface area contributed by atoms with E-state index in [0.29, 0.717) is 13.1 Å². The maximum atomic E-state index is 14.0. The van der Waals surface area contributed by atoms with Gasteiger partial charge in [0.15, 0.2) is 11.6 Å². The topological polar surface area (TPSA) is 33.3 Å². The molecule has 0 heterocycles. The van der Waals surface area contributed by atoms with E-state index in [1.807, 2.05) is 60.7 Å². The predicted molar refractivity (Wildman–Crippen MR) is 108 cm³/mol. The van der Waals surface area contributed by atoms with Crippen molar-refractivity contribution in [2.24, 2.45) is 0 Å². The number of nitrogens with one attached hydrogen (secondary N) is 2. The molecule has 6 heteroatoms. The van der Waals surface area contributed by atoms with Crippen LogP contribution in [0.5, 0.6) is 5.75 Å². The monoisotopic (exact) mass is 386 g/mol. The molecule has 3 nitrogen and oxygen atoms in total. The van der Waals surface area contributed by atoms with Crippen LogP contribution in [0, 0.1) is 5.82 Å². The Balaban J connectivity index is 1.75. The molecule has 3 rings (SSSR count). The molecule has 0 spiro atoms. The summed E-state index contributed by atoms with van der Waals surface area (Å²) in [5.74, 6) is -0.276. The van der Waals surface area contributed by atoms with Crippen LogP contribution in [0.1, 0.15) is 11.1 Å². The lowest BCUT2D eigenvalue weighted by atomic mass is 10.2. The maximum absolute atomic E-state index is 14.0. The Labute approximate surface area is 158 Å². The van der Waals surface area contributed by atoms with Crippen molar-refractivity contribution in [1.82, 2.24) is 10.2 Å². The third-order valence-corrected chi connectivity index (χ3v) is 6.33. The normalized spacial score (nSPS) is 11.3. The number of hydrogen-bond donors (Lipinski definition) is 2. The van der Waals surface area contributed by atoms with Gasteiger partial charge < -0.3 is 4.52 Å². The van der Waals surface area contributed by atoms with E-state index in [4.69, 9.17) is 16.3 Å². The first-order valence-electron chi connectivity index (χ1n) is 8.27. The highest BCUT2D eigenvalue weighted by Crippen LogP contribution is 2.40. The van der Waals surface area contributed by atoms with Crippen LogP contribution < -0.4 is 14.7 Å². The summed E-state index contributed by atoms with van der Waals surface area (Å²) in [6.45, 7) is -1.63. The number of benzene rings is 3. The van der Waals surface area contributed by atoms with E-state index in [1.165, 1.54) is 6.07 Å². The average molecular weight is 386 g/mol. The molecule has 0 aromatic heterocycles. The second-order valence-electron chi connectivity index (χ2n) is 5.71. The van der Waals surface area contributed by atoms with Crippen LogP contribution in [0.2, 0.25) is 0 Å². The fraction of sp³-hybridized carbons (Fsp3) is 0.100. The number of para-hydroxylation sites is 1. The Kier molecular flexibility index (Phi) is 6.53. The standard InChI is InChI=1S/C20H20FN2OPS/c21-19-13-7-8-14-20(19)24-25(26,22-15-17-9-3-1-4-10-17)23-16-18-11-5-2-6-12-18/h1-14H,15-16H2,(H2,22,23,26). The first-order valence-corrected chi connectivity index (χ1v) is 11.0. The molecule has 134 valence electrons. The fourth-order valence-electron chi connectivity index (χ4n) is 2.36. The van der Waals surface area contributed by atoms with Crippen molar-refractivity contribution in [3.63, 3.8) is 0 Å². The highest BCUT2D eigenvalue weighted by molar-refractivity contribution is 8.10. The molecule has 0 aliphatic rings. The van der Waals surface area contributed by atoms with Crippen molar-refractivity contribution in [3.8, 4) is 5.75 Å². The Bertz CT molecular complexity index is 830. The van der Waals surface area contributed by atoms with Crippen molar-refractivity contribution < 1.29 is 8.91 Å². The van der Waals surface area contributed by atoms with Crippen LogP contribution in [0.15, 0.2) is 84.9 Å². The summed E-state index contributed by atoms with van der Waals surface area (Å²) in [5, 5.41) is 6.57. The molecule has 0 saturated carbocycles. The highest BCUT2D eigenvalue weighted by Gasteiger charge is 2.20. The van der Waals surface area contributed by atoms with Gasteiger partial charge >= 0.3 is 0 Å². The first kappa shape index (κ1) is 18.7. The van der Waals surface area contributed by atoms with Crippen LogP contribution in [-0.4, -0.2) is 0 Å². The first-order chi connectivity index (χ1) is 12.6. The highest BCUT2D eigenvalue weighted by atomic mass is 32.4. The van der Waals surface area contributed by atoms with Crippen molar-refractivity contribution >= 4 is 18.4 Å². The van der Waals surface area contributed by atoms with Crippen LogP contribution in [-0.2, 0) is 24.9 Å². The Hall–Kier alpha value is -2.04. The lowest BCUT2D eigenvalue weighted by Gasteiger charge is -2.25. The van der Waals surface area contributed by atoms with Crippen LogP contribution in [0.25, 0.3) is 0 Å². The van der Waals surface area contributed by atoms with E-state index >= 15 is 0 Å². The molecule has 3 aromatic rings. The molecular weight excluding hydrogens is 366 g/mol. The number of hydrogen-bond acceptors (Lipinski definition) is 2. The lowest BCUT2D eigenvalue weighted by molar-refractivity contribution is 0.511. The molecule has 0 fully saturated rings. The SMILES string of the molecule is Fc1ccccc1OP(=S)(NCc1ccccc1)NCc1ccccc1. The molecule has 0 saturated heterocycles. The van der Waals surface area contributed by atoms with Gasteiger partial charge in [0.25, 0.3) is 0 Å². The van der Waals surface area contributed by atoms with Gasteiger partial charge in [0.2, 0.25) is 6.57 Å².